The molecule has 4 nitrogen and oxygen atoms in total. The summed E-state index contributed by atoms with van der Waals surface area (Å²) in [7, 11) is 0. The van der Waals surface area contributed by atoms with Gasteiger partial charge in [-0.05, 0) is 76.5 Å². The zero-order valence-corrected chi connectivity index (χ0v) is 16.3. The monoisotopic (exact) mass is 350 g/mol. The van der Waals surface area contributed by atoms with Crippen molar-refractivity contribution in [2.75, 3.05) is 6.61 Å². The van der Waals surface area contributed by atoms with Gasteiger partial charge in [-0.25, -0.2) is 0 Å². The van der Waals surface area contributed by atoms with Crippen molar-refractivity contribution >= 4 is 11.9 Å². The fourth-order valence-electron chi connectivity index (χ4n) is 5.78. The first-order chi connectivity index (χ1) is 11.8. The van der Waals surface area contributed by atoms with E-state index in [-0.39, 0.29) is 30.6 Å². The van der Waals surface area contributed by atoms with E-state index in [0.29, 0.717) is 5.92 Å². The number of ether oxygens (including phenoxy) is 2. The second-order valence-electron chi connectivity index (χ2n) is 9.28. The zero-order chi connectivity index (χ0) is 18.2. The van der Waals surface area contributed by atoms with Crippen LogP contribution < -0.4 is 0 Å². The van der Waals surface area contributed by atoms with Crippen LogP contribution in [0.3, 0.4) is 0 Å². The Morgan fingerprint density at radius 2 is 1.72 bits per heavy atom. The number of hydrogen-bond acceptors (Lipinski definition) is 4. The van der Waals surface area contributed by atoms with E-state index in [1.165, 1.54) is 19.3 Å². The van der Waals surface area contributed by atoms with Crippen LogP contribution in [0.25, 0.3) is 0 Å². The number of carbonyl (C=O) groups is 2. The Morgan fingerprint density at radius 3 is 2.28 bits per heavy atom. The summed E-state index contributed by atoms with van der Waals surface area (Å²) >= 11 is 0. The lowest BCUT2D eigenvalue weighted by Crippen LogP contribution is -2.59. The van der Waals surface area contributed by atoms with Crippen molar-refractivity contribution in [3.8, 4) is 0 Å². The predicted octanol–water partition coefficient (Wildman–Crippen LogP) is 4.50. The molecule has 0 radical (unpaired) electrons. The Hall–Kier alpha value is -1.06. The van der Waals surface area contributed by atoms with Crippen molar-refractivity contribution < 1.29 is 19.1 Å². The fourth-order valence-corrected chi connectivity index (χ4v) is 5.78. The van der Waals surface area contributed by atoms with Crippen LogP contribution in [0, 0.1) is 29.1 Å². The van der Waals surface area contributed by atoms with Gasteiger partial charge in [-0.15, -0.1) is 0 Å². The summed E-state index contributed by atoms with van der Waals surface area (Å²) in [5.74, 6) is 2.33. The third-order valence-electron chi connectivity index (χ3n) is 7.18. The molecule has 0 aromatic rings. The van der Waals surface area contributed by atoms with Gasteiger partial charge in [-0.2, -0.15) is 0 Å². The van der Waals surface area contributed by atoms with E-state index in [1.807, 2.05) is 20.8 Å². The summed E-state index contributed by atoms with van der Waals surface area (Å²) in [5, 5.41) is 0. The molecule has 0 heterocycles. The van der Waals surface area contributed by atoms with Gasteiger partial charge in [0.15, 0.2) is 0 Å². The lowest BCUT2D eigenvalue weighted by molar-refractivity contribution is -0.209. The van der Waals surface area contributed by atoms with Crippen molar-refractivity contribution in [3.63, 3.8) is 0 Å². The first kappa shape index (κ1) is 18.7. The highest BCUT2D eigenvalue weighted by Gasteiger charge is 2.58. The standard InChI is InChI=1S/C21H34O4/c1-5-17-16-10-14-9-15(11-16)13-21(17,12-14)25-18(22)7-8-24-19(23)20(3,4)6-2/h14-17H,5-13H2,1-4H3. The normalized spacial score (nSPS) is 36.3. The first-order valence-corrected chi connectivity index (χ1v) is 10.2. The van der Waals surface area contributed by atoms with Crippen LogP contribution >= 0.6 is 0 Å². The van der Waals surface area contributed by atoms with E-state index < -0.39 is 5.41 Å². The van der Waals surface area contributed by atoms with Gasteiger partial charge in [0.25, 0.3) is 0 Å². The highest BCUT2D eigenvalue weighted by Crippen LogP contribution is 2.60. The van der Waals surface area contributed by atoms with E-state index in [9.17, 15) is 9.59 Å². The van der Waals surface area contributed by atoms with Gasteiger partial charge in [0.05, 0.1) is 11.8 Å². The molecule has 4 rings (SSSR count). The maximum Gasteiger partial charge on any atom is 0.311 e. The Kier molecular flexibility index (Phi) is 5.18. The Bertz CT molecular complexity index is 510. The summed E-state index contributed by atoms with van der Waals surface area (Å²) in [4.78, 5) is 24.5. The van der Waals surface area contributed by atoms with E-state index in [4.69, 9.17) is 9.47 Å². The predicted molar refractivity (Wildman–Crippen MR) is 95.8 cm³/mol. The molecule has 0 N–H and O–H groups in total. The molecule has 4 aliphatic carbocycles. The SMILES string of the molecule is CCC1C2CC3CC(C2)CC1(OC(=O)CCOC(=O)C(C)(C)CC)C3. The Balaban J connectivity index is 1.54. The van der Waals surface area contributed by atoms with Crippen molar-refractivity contribution in [2.24, 2.45) is 29.1 Å². The molecule has 0 aromatic heterocycles. The minimum atomic E-state index is -0.489. The van der Waals surface area contributed by atoms with Gasteiger partial charge in [0, 0.05) is 5.92 Å². The summed E-state index contributed by atoms with van der Waals surface area (Å²) in [6.07, 6.45) is 8.08. The molecule has 0 spiro atoms. The van der Waals surface area contributed by atoms with E-state index >= 15 is 0 Å². The van der Waals surface area contributed by atoms with E-state index in [0.717, 1.165) is 43.4 Å². The maximum absolute atomic E-state index is 12.5. The molecule has 0 aromatic carbocycles. The summed E-state index contributed by atoms with van der Waals surface area (Å²) < 4.78 is 11.4. The molecule has 4 heteroatoms. The topological polar surface area (TPSA) is 52.6 Å². The average Bonchev–Trinajstić information content (AvgIpc) is 2.53. The van der Waals surface area contributed by atoms with Gasteiger partial charge < -0.3 is 9.47 Å². The molecule has 4 fully saturated rings. The van der Waals surface area contributed by atoms with Crippen LogP contribution in [0.2, 0.25) is 0 Å². The average molecular weight is 350 g/mol. The highest BCUT2D eigenvalue weighted by atomic mass is 16.6. The Morgan fingerprint density at radius 1 is 1.08 bits per heavy atom. The van der Waals surface area contributed by atoms with Crippen LogP contribution in [0.5, 0.6) is 0 Å². The highest BCUT2D eigenvalue weighted by molar-refractivity contribution is 5.76. The molecule has 142 valence electrons. The minimum absolute atomic E-state index is 0.129. The van der Waals surface area contributed by atoms with Gasteiger partial charge >= 0.3 is 11.9 Å². The van der Waals surface area contributed by atoms with Gasteiger partial charge in [0.2, 0.25) is 0 Å². The Labute approximate surface area is 152 Å². The first-order valence-electron chi connectivity index (χ1n) is 10.2. The van der Waals surface area contributed by atoms with Gasteiger partial charge in [-0.3, -0.25) is 9.59 Å². The molecule has 0 saturated heterocycles. The molecule has 25 heavy (non-hydrogen) atoms. The minimum Gasteiger partial charge on any atom is -0.465 e. The van der Waals surface area contributed by atoms with Gasteiger partial charge in [0.1, 0.15) is 12.2 Å². The van der Waals surface area contributed by atoms with Crippen molar-refractivity contribution in [1.29, 1.82) is 0 Å². The van der Waals surface area contributed by atoms with Gasteiger partial charge in [-0.1, -0.05) is 13.8 Å². The van der Waals surface area contributed by atoms with E-state index in [1.54, 1.807) is 0 Å². The third-order valence-corrected chi connectivity index (χ3v) is 7.18. The number of esters is 2. The van der Waals surface area contributed by atoms with Crippen LogP contribution in [0.15, 0.2) is 0 Å². The molecule has 4 aliphatic rings. The molecular weight excluding hydrogens is 316 g/mol. The van der Waals surface area contributed by atoms with Crippen molar-refractivity contribution in [2.45, 2.75) is 84.7 Å². The number of hydrogen-bond donors (Lipinski definition) is 0. The summed E-state index contributed by atoms with van der Waals surface area (Å²) in [6.45, 7) is 8.07. The smallest absolute Gasteiger partial charge is 0.311 e. The summed E-state index contributed by atoms with van der Waals surface area (Å²) in [6, 6.07) is 0. The third kappa shape index (κ3) is 3.59. The lowest BCUT2D eigenvalue weighted by atomic mass is 9.49. The quantitative estimate of drug-likeness (QED) is 0.634. The molecule has 4 bridgehead atoms. The van der Waals surface area contributed by atoms with Crippen molar-refractivity contribution in [1.82, 2.24) is 0 Å². The molecule has 0 aliphatic heterocycles. The maximum atomic E-state index is 12.5. The molecule has 3 unspecified atom stereocenters. The second kappa shape index (κ2) is 6.92. The molecule has 0 amide bonds. The van der Waals surface area contributed by atoms with Crippen LogP contribution in [0.1, 0.15) is 79.1 Å². The number of carbonyl (C=O) groups excluding carboxylic acids is 2. The van der Waals surface area contributed by atoms with Crippen LogP contribution in [-0.2, 0) is 19.1 Å². The summed E-state index contributed by atoms with van der Waals surface area (Å²) in [5.41, 5.74) is -0.718. The largest absolute Gasteiger partial charge is 0.465 e. The van der Waals surface area contributed by atoms with Crippen LogP contribution in [0.4, 0.5) is 0 Å². The van der Waals surface area contributed by atoms with Crippen molar-refractivity contribution in [3.05, 3.63) is 0 Å². The number of rotatable bonds is 7. The molecule has 4 saturated carbocycles. The molecule has 3 atom stereocenters. The van der Waals surface area contributed by atoms with Crippen LogP contribution in [-0.4, -0.2) is 24.1 Å². The second-order valence-corrected chi connectivity index (χ2v) is 9.28. The zero-order valence-electron chi connectivity index (χ0n) is 16.3. The van der Waals surface area contributed by atoms with E-state index in [2.05, 4.69) is 6.92 Å². The fraction of sp³-hybridized carbons (Fsp3) is 0.905. The molecular formula is C21H34O4. The lowest BCUT2D eigenvalue weighted by Gasteiger charge is -2.60.